The number of rotatable bonds is 2. The van der Waals surface area contributed by atoms with E-state index in [-0.39, 0.29) is 24.3 Å². The molecule has 7 heavy (non-hydrogen) atoms. The number of hydrogen-bond donors (Lipinski definition) is 0. The van der Waals surface area contributed by atoms with E-state index >= 15 is 0 Å². The van der Waals surface area contributed by atoms with E-state index in [4.69, 9.17) is 0 Å². The zero-order chi connectivity index (χ0) is 4.99. The van der Waals surface area contributed by atoms with Gasteiger partial charge in [-0.3, -0.25) is 5.75 Å². The molecular formula is C4H7OSV-. The maximum atomic E-state index is 9.97. The molecule has 0 heterocycles. The first kappa shape index (κ1) is 10.5. The van der Waals surface area contributed by atoms with Gasteiger partial charge in [0.05, 0.1) is 0 Å². The Bertz CT molecular complexity index is 55.7. The van der Waals surface area contributed by atoms with Gasteiger partial charge in [0.2, 0.25) is 0 Å². The van der Waals surface area contributed by atoms with Crippen LogP contribution >= 0.6 is 11.8 Å². The van der Waals surface area contributed by atoms with Crippen LogP contribution in [0.1, 0.15) is 6.92 Å². The maximum Gasteiger partial charge on any atom is 0.00489 e. The van der Waals surface area contributed by atoms with E-state index in [0.29, 0.717) is 0 Å². The van der Waals surface area contributed by atoms with E-state index in [1.807, 2.05) is 6.26 Å². The first-order valence-electron chi connectivity index (χ1n) is 1.64. The van der Waals surface area contributed by atoms with E-state index in [0.717, 1.165) is 0 Å². The van der Waals surface area contributed by atoms with Gasteiger partial charge in [-0.05, 0) is 13.2 Å². The monoisotopic (exact) mass is 154 g/mol. The van der Waals surface area contributed by atoms with Crippen molar-refractivity contribution in [2.45, 2.75) is 6.92 Å². The minimum atomic E-state index is 0. The van der Waals surface area contributed by atoms with Crippen LogP contribution in [0.2, 0.25) is 0 Å². The number of carbonyl (C=O) groups excluding carboxylic acids is 1. The van der Waals surface area contributed by atoms with Crippen molar-refractivity contribution in [3.8, 4) is 0 Å². The fourth-order valence-corrected chi connectivity index (χ4v) is 0.498. The van der Waals surface area contributed by atoms with Crippen LogP contribution in [0.4, 0.5) is 0 Å². The summed E-state index contributed by atoms with van der Waals surface area (Å²) >= 11 is 1.44. The Balaban J connectivity index is 0. The van der Waals surface area contributed by atoms with E-state index in [9.17, 15) is 4.79 Å². The van der Waals surface area contributed by atoms with Crippen LogP contribution in [0.25, 0.3) is 0 Å². The molecule has 0 N–H and O–H groups in total. The number of carbonyl (C=O) groups is 1. The van der Waals surface area contributed by atoms with Crippen LogP contribution < -0.4 is 0 Å². The van der Waals surface area contributed by atoms with E-state index < -0.39 is 0 Å². The third kappa shape index (κ3) is 10.7. The minimum Gasteiger partial charge on any atom is -0.334 e. The van der Waals surface area contributed by atoms with Crippen molar-refractivity contribution >= 4 is 17.5 Å². The molecule has 41 valence electrons. The summed E-state index contributed by atoms with van der Waals surface area (Å²) in [6, 6.07) is 0. The zero-order valence-electron chi connectivity index (χ0n) is 4.34. The van der Waals surface area contributed by atoms with Crippen molar-refractivity contribution in [1.82, 2.24) is 0 Å². The average Bonchev–Trinajstić information content (AvgIpc) is 1.35. The third-order valence-electron chi connectivity index (χ3n) is 0.284. The Labute approximate surface area is 60.1 Å². The molecule has 0 aliphatic rings. The van der Waals surface area contributed by atoms with Gasteiger partial charge in [0.15, 0.2) is 0 Å². The molecule has 1 nitrogen and oxygen atoms in total. The van der Waals surface area contributed by atoms with Crippen molar-refractivity contribution in [3.63, 3.8) is 0 Å². The van der Waals surface area contributed by atoms with Gasteiger partial charge in [-0.1, -0.05) is 0 Å². The molecule has 0 aromatic rings. The predicted octanol–water partition coefficient (Wildman–Crippen LogP) is 1.10. The second-order valence-corrected chi connectivity index (χ2v) is 1.67. The molecule has 0 fully saturated rings. The molecule has 0 saturated heterocycles. The molecular weight excluding hydrogens is 147 g/mol. The summed E-state index contributed by atoms with van der Waals surface area (Å²) in [6.45, 7) is 1.54. The van der Waals surface area contributed by atoms with Crippen molar-refractivity contribution in [2.75, 3.05) is 6.26 Å². The first-order valence-corrected chi connectivity index (χ1v) is 2.92. The Morgan fingerprint density at radius 1 is 1.71 bits per heavy atom. The van der Waals surface area contributed by atoms with Crippen LogP contribution in [-0.2, 0) is 23.4 Å². The first-order chi connectivity index (χ1) is 2.77. The molecule has 0 rings (SSSR count). The molecule has 0 bridgehead atoms. The minimum absolute atomic E-state index is 0. The molecule has 0 atom stereocenters. The molecule has 0 aromatic carbocycles. The van der Waals surface area contributed by atoms with E-state index in [1.54, 1.807) is 5.75 Å². The Kier molecular flexibility index (Phi) is 9.67. The summed E-state index contributed by atoms with van der Waals surface area (Å²) < 4.78 is 0. The summed E-state index contributed by atoms with van der Waals surface area (Å²) in [5.41, 5.74) is 0. The Morgan fingerprint density at radius 3 is 2.14 bits per heavy atom. The number of thioether (sulfide) groups is 1. The molecule has 0 aliphatic carbocycles. The summed E-state index contributed by atoms with van der Waals surface area (Å²) in [7, 11) is 0. The maximum absolute atomic E-state index is 9.97. The van der Waals surface area contributed by atoms with Crippen LogP contribution in [0.3, 0.4) is 0 Å². The van der Waals surface area contributed by atoms with Crippen molar-refractivity contribution in [1.29, 1.82) is 0 Å². The Morgan fingerprint density at radius 2 is 2.14 bits per heavy atom. The van der Waals surface area contributed by atoms with Gasteiger partial charge in [-0.2, -0.15) is 0 Å². The van der Waals surface area contributed by atoms with E-state index in [2.05, 4.69) is 0 Å². The van der Waals surface area contributed by atoms with Crippen molar-refractivity contribution < 1.29 is 23.4 Å². The van der Waals surface area contributed by atoms with Crippen LogP contribution in [-0.4, -0.2) is 12.0 Å². The summed E-state index contributed by atoms with van der Waals surface area (Å²) in [4.78, 5) is 9.97. The largest absolute Gasteiger partial charge is 0.334 e. The van der Waals surface area contributed by atoms with Gasteiger partial charge >= 0.3 is 0 Å². The molecule has 0 saturated carbocycles. The van der Waals surface area contributed by atoms with Gasteiger partial charge in [0.1, 0.15) is 0 Å². The van der Waals surface area contributed by atoms with Crippen LogP contribution in [0.5, 0.6) is 0 Å². The zero-order valence-corrected chi connectivity index (χ0v) is 6.55. The third-order valence-corrected chi connectivity index (χ3v) is 0.851. The Hall–Kier alpha value is 0.474. The van der Waals surface area contributed by atoms with Crippen molar-refractivity contribution in [3.05, 3.63) is 5.75 Å². The molecule has 0 aromatic heterocycles. The standard InChI is InChI=1S/C4H7OS.V/c1-4(5)3-6-2;/h3H,1-2H3;/q-1;. The number of ketones is 1. The van der Waals surface area contributed by atoms with Gasteiger partial charge in [0, 0.05) is 24.3 Å². The number of hydrogen-bond acceptors (Lipinski definition) is 2. The normalized spacial score (nSPS) is 6.57. The van der Waals surface area contributed by atoms with E-state index in [1.165, 1.54) is 18.7 Å². The quantitative estimate of drug-likeness (QED) is 0.554. The predicted molar refractivity (Wildman–Crippen MR) is 28.5 cm³/mol. The summed E-state index contributed by atoms with van der Waals surface area (Å²) in [5, 5.41) is 0. The smallest absolute Gasteiger partial charge is 0.00489 e. The molecule has 0 spiro atoms. The molecule has 3 heteroatoms. The van der Waals surface area contributed by atoms with Gasteiger partial charge in [-0.25, -0.2) is 0 Å². The molecule has 0 amide bonds. The van der Waals surface area contributed by atoms with Gasteiger partial charge < -0.3 is 16.6 Å². The van der Waals surface area contributed by atoms with Crippen molar-refractivity contribution in [2.24, 2.45) is 0 Å². The van der Waals surface area contributed by atoms with Crippen LogP contribution in [0.15, 0.2) is 0 Å². The molecule has 0 aliphatic heterocycles. The molecule has 0 unspecified atom stereocenters. The second-order valence-electron chi connectivity index (χ2n) is 0.964. The SMILES string of the molecule is CS[CH-]C(C)=O.[V]. The summed E-state index contributed by atoms with van der Waals surface area (Å²) in [5.74, 6) is 1.70. The van der Waals surface area contributed by atoms with Gasteiger partial charge in [0.25, 0.3) is 0 Å². The summed E-state index contributed by atoms with van der Waals surface area (Å²) in [6.07, 6.45) is 1.86. The average molecular weight is 154 g/mol. The second kappa shape index (κ2) is 6.47. The molecule has 1 radical (unpaired) electrons. The fraction of sp³-hybridized carbons (Fsp3) is 0.500. The number of Topliss-reactive ketones (excluding diaryl/α,β-unsaturated/α-hetero) is 1. The topological polar surface area (TPSA) is 17.1 Å². The van der Waals surface area contributed by atoms with Gasteiger partial charge in [-0.15, -0.1) is 0 Å². The fourth-order valence-electron chi connectivity index (χ4n) is 0.166. The van der Waals surface area contributed by atoms with Crippen LogP contribution in [0, 0.1) is 5.75 Å².